The van der Waals surface area contributed by atoms with Gasteiger partial charge in [-0.3, -0.25) is 9.69 Å². The minimum atomic E-state index is 0.282. The summed E-state index contributed by atoms with van der Waals surface area (Å²) in [5, 5.41) is 0. The Labute approximate surface area is 139 Å². The predicted octanol–water partition coefficient (Wildman–Crippen LogP) is 0.591. The molecule has 1 amide bonds. The SMILES string of the molecule is CN1CCN(C2CCN(C(=O)CCc3nccn3C)CC2)CC1. The fourth-order valence-electron chi connectivity index (χ4n) is 3.68. The lowest BCUT2D eigenvalue weighted by atomic mass is 10.0. The number of piperazine rings is 1. The first-order chi connectivity index (χ1) is 11.1. The summed E-state index contributed by atoms with van der Waals surface area (Å²) in [5.41, 5.74) is 0. The Morgan fingerprint density at radius 3 is 2.43 bits per heavy atom. The molecule has 6 heteroatoms. The highest BCUT2D eigenvalue weighted by Gasteiger charge is 2.28. The number of hydrogen-bond acceptors (Lipinski definition) is 4. The molecule has 0 unspecified atom stereocenters. The van der Waals surface area contributed by atoms with Crippen molar-refractivity contribution in [2.24, 2.45) is 7.05 Å². The Morgan fingerprint density at radius 1 is 1.13 bits per heavy atom. The molecule has 2 aliphatic rings. The third kappa shape index (κ3) is 4.12. The number of aryl methyl sites for hydroxylation is 2. The second kappa shape index (κ2) is 7.45. The molecular formula is C17H29N5O. The van der Waals surface area contributed by atoms with Crippen LogP contribution in [0.4, 0.5) is 0 Å². The Bertz CT molecular complexity index is 513. The molecule has 128 valence electrons. The lowest BCUT2D eigenvalue weighted by molar-refractivity contribution is -0.132. The summed E-state index contributed by atoms with van der Waals surface area (Å²) in [6, 6.07) is 0.669. The summed E-state index contributed by atoms with van der Waals surface area (Å²) in [6.07, 6.45) is 7.28. The first-order valence-corrected chi connectivity index (χ1v) is 8.80. The van der Waals surface area contributed by atoms with Crippen LogP contribution in [0.15, 0.2) is 12.4 Å². The summed E-state index contributed by atoms with van der Waals surface area (Å²) in [7, 11) is 4.18. The van der Waals surface area contributed by atoms with Gasteiger partial charge in [0, 0.05) is 77.6 Å². The highest BCUT2D eigenvalue weighted by molar-refractivity contribution is 5.76. The van der Waals surface area contributed by atoms with E-state index in [1.54, 1.807) is 6.20 Å². The van der Waals surface area contributed by atoms with E-state index in [0.717, 1.165) is 38.2 Å². The maximum absolute atomic E-state index is 12.4. The number of aromatic nitrogens is 2. The monoisotopic (exact) mass is 319 g/mol. The Hall–Kier alpha value is -1.40. The molecule has 1 aromatic rings. The molecular weight excluding hydrogens is 290 g/mol. The van der Waals surface area contributed by atoms with Gasteiger partial charge in [0.25, 0.3) is 0 Å². The molecule has 0 N–H and O–H groups in total. The molecule has 23 heavy (non-hydrogen) atoms. The van der Waals surface area contributed by atoms with E-state index < -0.39 is 0 Å². The van der Waals surface area contributed by atoms with E-state index >= 15 is 0 Å². The zero-order valence-electron chi connectivity index (χ0n) is 14.4. The van der Waals surface area contributed by atoms with Crippen molar-refractivity contribution in [2.75, 3.05) is 46.3 Å². The van der Waals surface area contributed by atoms with E-state index in [9.17, 15) is 4.79 Å². The van der Waals surface area contributed by atoms with E-state index in [1.807, 2.05) is 17.8 Å². The smallest absolute Gasteiger partial charge is 0.223 e. The van der Waals surface area contributed by atoms with Crippen LogP contribution in [0, 0.1) is 0 Å². The average Bonchev–Trinajstić information content (AvgIpc) is 2.99. The van der Waals surface area contributed by atoms with Crippen LogP contribution in [0.5, 0.6) is 0 Å². The second-order valence-electron chi connectivity index (χ2n) is 6.91. The van der Waals surface area contributed by atoms with Gasteiger partial charge in [0.05, 0.1) is 0 Å². The Kier molecular flexibility index (Phi) is 5.33. The first-order valence-electron chi connectivity index (χ1n) is 8.80. The van der Waals surface area contributed by atoms with Gasteiger partial charge >= 0.3 is 0 Å². The molecule has 0 radical (unpaired) electrons. The average molecular weight is 319 g/mol. The Balaban J connectivity index is 1.41. The molecule has 0 aromatic carbocycles. The molecule has 1 aromatic heterocycles. The van der Waals surface area contributed by atoms with Gasteiger partial charge in [-0.25, -0.2) is 4.98 Å². The highest BCUT2D eigenvalue weighted by atomic mass is 16.2. The molecule has 2 saturated heterocycles. The quantitative estimate of drug-likeness (QED) is 0.815. The van der Waals surface area contributed by atoms with Crippen LogP contribution in [0.2, 0.25) is 0 Å². The van der Waals surface area contributed by atoms with Crippen LogP contribution in [0.1, 0.15) is 25.1 Å². The topological polar surface area (TPSA) is 44.6 Å². The fraction of sp³-hybridized carbons (Fsp3) is 0.765. The normalized spacial score (nSPS) is 21.7. The molecule has 0 spiro atoms. The van der Waals surface area contributed by atoms with Crippen molar-refractivity contribution in [2.45, 2.75) is 31.7 Å². The molecule has 0 saturated carbocycles. The van der Waals surface area contributed by atoms with Gasteiger partial charge in [0.2, 0.25) is 5.91 Å². The minimum Gasteiger partial charge on any atom is -0.343 e. The standard InChI is InChI=1S/C17H29N5O/c1-19-11-13-21(14-12-19)15-5-8-22(9-6-15)17(23)4-3-16-18-7-10-20(16)2/h7,10,15H,3-6,8-9,11-14H2,1-2H3. The number of likely N-dealkylation sites (tertiary alicyclic amines) is 1. The number of carbonyl (C=O) groups is 1. The maximum atomic E-state index is 12.4. The number of carbonyl (C=O) groups excluding carboxylic acids is 1. The van der Waals surface area contributed by atoms with E-state index in [1.165, 1.54) is 26.2 Å². The predicted molar refractivity (Wildman–Crippen MR) is 90.2 cm³/mol. The van der Waals surface area contributed by atoms with Crippen LogP contribution >= 0.6 is 0 Å². The van der Waals surface area contributed by atoms with Crippen molar-refractivity contribution in [1.82, 2.24) is 24.3 Å². The van der Waals surface area contributed by atoms with E-state index in [2.05, 4.69) is 26.7 Å². The molecule has 3 rings (SSSR count). The molecule has 2 fully saturated rings. The molecule has 0 aliphatic carbocycles. The lowest BCUT2D eigenvalue weighted by Gasteiger charge is -2.42. The van der Waals surface area contributed by atoms with Crippen molar-refractivity contribution in [1.29, 1.82) is 0 Å². The zero-order valence-corrected chi connectivity index (χ0v) is 14.4. The number of imidazole rings is 1. The second-order valence-corrected chi connectivity index (χ2v) is 6.91. The van der Waals surface area contributed by atoms with Gasteiger partial charge in [-0.05, 0) is 19.9 Å². The van der Waals surface area contributed by atoms with Crippen molar-refractivity contribution in [3.63, 3.8) is 0 Å². The van der Waals surface area contributed by atoms with Gasteiger partial charge in [0.15, 0.2) is 0 Å². The minimum absolute atomic E-state index is 0.282. The number of piperidine rings is 1. The van der Waals surface area contributed by atoms with Crippen molar-refractivity contribution >= 4 is 5.91 Å². The molecule has 0 atom stereocenters. The molecule has 0 bridgehead atoms. The van der Waals surface area contributed by atoms with Crippen LogP contribution in [0.3, 0.4) is 0 Å². The lowest BCUT2D eigenvalue weighted by Crippen LogP contribution is -2.53. The van der Waals surface area contributed by atoms with Crippen molar-refractivity contribution in [3.8, 4) is 0 Å². The van der Waals surface area contributed by atoms with Gasteiger partial charge < -0.3 is 14.4 Å². The largest absolute Gasteiger partial charge is 0.343 e. The Morgan fingerprint density at radius 2 is 1.83 bits per heavy atom. The first kappa shape index (κ1) is 16.5. The number of hydrogen-bond donors (Lipinski definition) is 0. The molecule has 6 nitrogen and oxygen atoms in total. The third-order valence-corrected chi connectivity index (χ3v) is 5.35. The van der Waals surface area contributed by atoms with Crippen LogP contribution in [-0.4, -0.2) is 82.5 Å². The number of amides is 1. The van der Waals surface area contributed by atoms with Crippen molar-refractivity contribution in [3.05, 3.63) is 18.2 Å². The molecule has 3 heterocycles. The maximum Gasteiger partial charge on any atom is 0.223 e. The van der Waals surface area contributed by atoms with Gasteiger partial charge in [-0.1, -0.05) is 0 Å². The van der Waals surface area contributed by atoms with Crippen LogP contribution in [0.25, 0.3) is 0 Å². The summed E-state index contributed by atoms with van der Waals surface area (Å²) < 4.78 is 1.99. The fourth-order valence-corrected chi connectivity index (χ4v) is 3.68. The highest BCUT2D eigenvalue weighted by Crippen LogP contribution is 2.19. The van der Waals surface area contributed by atoms with Gasteiger partial charge in [-0.2, -0.15) is 0 Å². The zero-order chi connectivity index (χ0) is 16.2. The van der Waals surface area contributed by atoms with Gasteiger partial charge in [0.1, 0.15) is 5.82 Å². The number of rotatable bonds is 4. The number of nitrogens with zero attached hydrogens (tertiary/aromatic N) is 5. The summed E-state index contributed by atoms with van der Waals surface area (Å²) in [5.74, 6) is 1.27. The van der Waals surface area contributed by atoms with Crippen molar-refractivity contribution < 1.29 is 4.79 Å². The summed E-state index contributed by atoms with van der Waals surface area (Å²) in [4.78, 5) is 23.8. The summed E-state index contributed by atoms with van der Waals surface area (Å²) >= 11 is 0. The van der Waals surface area contributed by atoms with E-state index in [-0.39, 0.29) is 5.91 Å². The molecule has 2 aliphatic heterocycles. The number of likely N-dealkylation sites (N-methyl/N-ethyl adjacent to an activating group) is 1. The van der Waals surface area contributed by atoms with Crippen LogP contribution < -0.4 is 0 Å². The van der Waals surface area contributed by atoms with Crippen LogP contribution in [-0.2, 0) is 18.3 Å². The van der Waals surface area contributed by atoms with Gasteiger partial charge in [-0.15, -0.1) is 0 Å². The van der Waals surface area contributed by atoms with E-state index in [4.69, 9.17) is 0 Å². The van der Waals surface area contributed by atoms with E-state index in [0.29, 0.717) is 12.5 Å². The summed E-state index contributed by atoms with van der Waals surface area (Å²) in [6.45, 7) is 6.51. The third-order valence-electron chi connectivity index (χ3n) is 5.35.